The van der Waals surface area contributed by atoms with Crippen LogP contribution in [0.4, 0.5) is 5.69 Å². The van der Waals surface area contributed by atoms with Crippen molar-refractivity contribution in [3.63, 3.8) is 0 Å². The number of fused-ring (bicyclic) bond motifs is 1. The molecule has 9 nitrogen and oxygen atoms in total. The third-order valence-electron chi connectivity index (χ3n) is 5.00. The van der Waals surface area contributed by atoms with Crippen molar-refractivity contribution in [2.45, 2.75) is 42.7 Å². The van der Waals surface area contributed by atoms with E-state index in [-0.39, 0.29) is 23.6 Å². The van der Waals surface area contributed by atoms with E-state index in [1.54, 1.807) is 39.7 Å². The van der Waals surface area contributed by atoms with Crippen molar-refractivity contribution >= 4 is 29.3 Å². The molecule has 1 aromatic heterocycles. The number of hydrogen-bond acceptors (Lipinski definition) is 7. The molecule has 0 saturated carbocycles. The number of β-lactam (4-membered cyclic amide) rings is 1. The highest BCUT2D eigenvalue weighted by atomic mass is 32.2. The Bertz CT molecular complexity index is 917. The van der Waals surface area contributed by atoms with Crippen LogP contribution < -0.4 is 0 Å². The van der Waals surface area contributed by atoms with Crippen LogP contribution in [0.3, 0.4) is 0 Å². The molecule has 0 bridgehead atoms. The molecule has 4 rings (SSSR count). The summed E-state index contributed by atoms with van der Waals surface area (Å²) in [6, 6.07) is 6.94. The maximum absolute atomic E-state index is 12.9. The lowest BCUT2D eigenvalue weighted by Crippen LogP contribution is -2.58. The van der Waals surface area contributed by atoms with E-state index >= 15 is 0 Å². The number of hydrogen-bond donors (Lipinski definition) is 0. The van der Waals surface area contributed by atoms with E-state index in [9.17, 15) is 19.7 Å². The van der Waals surface area contributed by atoms with Crippen LogP contribution in [0.5, 0.6) is 0 Å². The zero-order valence-corrected chi connectivity index (χ0v) is 15.9. The molecule has 2 fully saturated rings. The van der Waals surface area contributed by atoms with E-state index in [4.69, 9.17) is 4.74 Å². The summed E-state index contributed by atoms with van der Waals surface area (Å²) in [6.07, 6.45) is 3.92. The average Bonchev–Trinajstić information content (AvgIpc) is 3.24. The summed E-state index contributed by atoms with van der Waals surface area (Å²) in [6.45, 7) is 2.41. The number of aromatic nitrogens is 2. The minimum absolute atomic E-state index is 0.0114. The second kappa shape index (κ2) is 6.93. The van der Waals surface area contributed by atoms with Crippen LogP contribution in [0.2, 0.25) is 0 Å². The fourth-order valence-electron chi connectivity index (χ4n) is 3.63. The Balaban J connectivity index is 1.48. The quantitative estimate of drug-likeness (QED) is 0.315. The minimum atomic E-state index is -0.703. The molecule has 0 N–H and O–H groups in total. The van der Waals surface area contributed by atoms with Crippen molar-refractivity contribution in [1.29, 1.82) is 0 Å². The van der Waals surface area contributed by atoms with Crippen LogP contribution in [0.25, 0.3) is 0 Å². The molecule has 2 aliphatic heterocycles. The van der Waals surface area contributed by atoms with Gasteiger partial charge in [-0.25, -0.2) is 4.79 Å². The number of carbonyl (C=O) groups excluding carboxylic acids is 2. The van der Waals surface area contributed by atoms with E-state index in [2.05, 4.69) is 5.10 Å². The number of benzene rings is 1. The Morgan fingerprint density at radius 2 is 2.18 bits per heavy atom. The average molecular weight is 402 g/mol. The van der Waals surface area contributed by atoms with Crippen molar-refractivity contribution in [1.82, 2.24) is 14.7 Å². The van der Waals surface area contributed by atoms with Crippen LogP contribution in [0.15, 0.2) is 42.7 Å². The largest absolute Gasteiger partial charge is 0.459 e. The number of nitro groups is 1. The molecule has 0 radical (unpaired) electrons. The Morgan fingerprint density at radius 1 is 1.43 bits per heavy atom. The minimum Gasteiger partial charge on any atom is -0.459 e. The van der Waals surface area contributed by atoms with Gasteiger partial charge in [0.1, 0.15) is 12.6 Å². The summed E-state index contributed by atoms with van der Waals surface area (Å²) in [5, 5.41) is 14.9. The van der Waals surface area contributed by atoms with Crippen LogP contribution in [-0.4, -0.2) is 47.6 Å². The number of esters is 1. The van der Waals surface area contributed by atoms with E-state index in [0.717, 1.165) is 0 Å². The van der Waals surface area contributed by atoms with Crippen molar-refractivity contribution < 1.29 is 19.2 Å². The van der Waals surface area contributed by atoms with E-state index in [0.29, 0.717) is 18.5 Å². The zero-order valence-electron chi connectivity index (χ0n) is 15.1. The molecule has 2 aliphatic rings. The number of rotatable bonds is 6. The topological polar surface area (TPSA) is 108 Å². The molecule has 3 atom stereocenters. The van der Waals surface area contributed by atoms with Crippen molar-refractivity contribution in [3.8, 4) is 0 Å². The highest BCUT2D eigenvalue weighted by Crippen LogP contribution is 2.51. The van der Waals surface area contributed by atoms with E-state index in [1.165, 1.54) is 12.1 Å². The first-order valence-electron chi connectivity index (χ1n) is 8.74. The lowest BCUT2D eigenvalue weighted by Gasteiger charge is -2.37. The molecule has 28 heavy (non-hydrogen) atoms. The Hall–Kier alpha value is -2.88. The smallest absolute Gasteiger partial charge is 0.330 e. The maximum atomic E-state index is 12.9. The first-order chi connectivity index (χ1) is 13.4. The normalized spacial score (nSPS) is 25.9. The van der Waals surface area contributed by atoms with Gasteiger partial charge in [0.25, 0.3) is 5.69 Å². The molecule has 1 aromatic carbocycles. The Morgan fingerprint density at radius 3 is 2.79 bits per heavy atom. The zero-order chi connectivity index (χ0) is 19.9. The lowest BCUT2D eigenvalue weighted by molar-refractivity contribution is -0.384. The van der Waals surface area contributed by atoms with Gasteiger partial charge >= 0.3 is 5.97 Å². The molecule has 2 saturated heterocycles. The summed E-state index contributed by atoms with van der Waals surface area (Å²) in [7, 11) is 0. The van der Waals surface area contributed by atoms with E-state index in [1.807, 2.05) is 19.2 Å². The lowest BCUT2D eigenvalue weighted by atomic mass is 9.96. The van der Waals surface area contributed by atoms with Gasteiger partial charge in [-0.15, -0.1) is 11.8 Å². The number of non-ortho nitro benzene ring substituents is 1. The Kier molecular flexibility index (Phi) is 4.58. The van der Waals surface area contributed by atoms with Crippen molar-refractivity contribution in [2.24, 2.45) is 0 Å². The molecular weight excluding hydrogens is 384 g/mol. The van der Waals surface area contributed by atoms with Gasteiger partial charge in [0.05, 0.1) is 28.0 Å². The third kappa shape index (κ3) is 3.24. The van der Waals surface area contributed by atoms with Gasteiger partial charge < -0.3 is 9.64 Å². The van der Waals surface area contributed by atoms with Gasteiger partial charge in [-0.2, -0.15) is 5.10 Å². The van der Waals surface area contributed by atoms with Gasteiger partial charge in [-0.3, -0.25) is 19.6 Å². The van der Waals surface area contributed by atoms with E-state index < -0.39 is 21.7 Å². The molecule has 10 heteroatoms. The monoisotopic (exact) mass is 402 g/mol. The predicted molar refractivity (Wildman–Crippen MR) is 100 cm³/mol. The number of carbonyl (C=O) groups is 2. The summed E-state index contributed by atoms with van der Waals surface area (Å²) >= 11 is 1.60. The van der Waals surface area contributed by atoms with Crippen LogP contribution >= 0.6 is 11.8 Å². The summed E-state index contributed by atoms with van der Waals surface area (Å²) in [5.41, 5.74) is 0.618. The number of nitrogens with zero attached hydrogens (tertiary/aromatic N) is 4. The van der Waals surface area contributed by atoms with Gasteiger partial charge in [-0.05, 0) is 30.7 Å². The number of ether oxygens (including phenoxy) is 1. The summed E-state index contributed by atoms with van der Waals surface area (Å²) in [5.74, 6) is -0.532. The maximum Gasteiger partial charge on any atom is 0.330 e. The SMILES string of the molecule is C[C@@]1(Cn2cccn2)S[C@@H]2CC(=O)N2[C@H]1C(=O)OCc1ccc([N+](=O)[O-])cc1. The fraction of sp³-hybridized carbons (Fsp3) is 0.389. The van der Waals surface area contributed by atoms with Crippen LogP contribution in [0.1, 0.15) is 18.9 Å². The van der Waals surface area contributed by atoms with Crippen molar-refractivity contribution in [2.75, 3.05) is 0 Å². The third-order valence-corrected chi connectivity index (χ3v) is 6.55. The fourth-order valence-corrected chi connectivity index (χ4v) is 5.37. The van der Waals surface area contributed by atoms with Gasteiger partial charge in [-0.1, -0.05) is 0 Å². The Labute approximate surface area is 164 Å². The second-order valence-electron chi connectivity index (χ2n) is 7.03. The molecule has 3 heterocycles. The standard InChI is InChI=1S/C18H18N4O5S/c1-18(11-20-8-2-7-19-20)16(21-14(23)9-15(21)28-18)17(24)27-10-12-3-5-13(6-4-12)22(25)26/h2-8,15-16H,9-11H2,1H3/t15-,16+,18+/m1/s1. The van der Waals surface area contributed by atoms with Gasteiger partial charge in [0.2, 0.25) is 5.91 Å². The molecule has 0 spiro atoms. The summed E-state index contributed by atoms with van der Waals surface area (Å²) in [4.78, 5) is 36.9. The molecule has 2 aromatic rings. The molecule has 0 unspecified atom stereocenters. The van der Waals surface area contributed by atoms with Gasteiger partial charge in [0, 0.05) is 24.5 Å². The number of amides is 1. The molecule has 146 valence electrons. The first-order valence-corrected chi connectivity index (χ1v) is 9.62. The number of nitro benzene ring substituents is 1. The van der Waals surface area contributed by atoms with Crippen LogP contribution in [0, 0.1) is 10.1 Å². The van der Waals surface area contributed by atoms with Crippen LogP contribution in [-0.2, 0) is 27.5 Å². The van der Waals surface area contributed by atoms with Crippen molar-refractivity contribution in [3.05, 3.63) is 58.4 Å². The molecule has 0 aliphatic carbocycles. The highest BCUT2D eigenvalue weighted by molar-refractivity contribution is 8.01. The van der Waals surface area contributed by atoms with Gasteiger partial charge in [0.15, 0.2) is 0 Å². The highest BCUT2D eigenvalue weighted by Gasteiger charge is 2.61. The molecule has 1 amide bonds. The number of thioether (sulfide) groups is 1. The second-order valence-corrected chi connectivity index (χ2v) is 8.74. The predicted octanol–water partition coefficient (Wildman–Crippen LogP) is 1.97. The summed E-state index contributed by atoms with van der Waals surface area (Å²) < 4.78 is 6.67. The molecular formula is C18H18N4O5S. The first kappa shape index (κ1) is 18.5.